The zero-order chi connectivity index (χ0) is 10.6. The molecule has 0 aromatic rings. The van der Waals surface area contributed by atoms with Gasteiger partial charge < -0.3 is 21.5 Å². The van der Waals surface area contributed by atoms with Crippen molar-refractivity contribution in [1.82, 2.24) is 5.32 Å². The number of hydrogen-bond acceptors (Lipinski definition) is 4. The van der Waals surface area contributed by atoms with Crippen molar-refractivity contribution in [3.63, 3.8) is 0 Å². The van der Waals surface area contributed by atoms with Crippen molar-refractivity contribution >= 4 is 11.8 Å². The normalized spacial score (nSPS) is 26.1. The van der Waals surface area contributed by atoms with Crippen LogP contribution in [-0.2, 0) is 14.3 Å². The molecule has 0 bridgehead atoms. The first-order valence-corrected chi connectivity index (χ1v) is 4.50. The molecule has 6 nitrogen and oxygen atoms in total. The average Bonchev–Trinajstić information content (AvgIpc) is 2.50. The third kappa shape index (κ3) is 2.97. The molecule has 0 radical (unpaired) electrons. The van der Waals surface area contributed by atoms with Crippen LogP contribution in [0.5, 0.6) is 0 Å². The molecule has 14 heavy (non-hydrogen) atoms. The Morgan fingerprint density at radius 3 is 2.64 bits per heavy atom. The lowest BCUT2D eigenvalue weighted by atomic mass is 10.0. The number of primary amides is 1. The topological polar surface area (TPSA) is 107 Å². The fraction of sp³-hybridized carbons (Fsp3) is 0.750. The molecule has 80 valence electrons. The monoisotopic (exact) mass is 201 g/mol. The zero-order valence-corrected chi connectivity index (χ0v) is 7.86. The lowest BCUT2D eigenvalue weighted by Gasteiger charge is -2.12. The van der Waals surface area contributed by atoms with Gasteiger partial charge in [-0.15, -0.1) is 0 Å². The molecule has 1 aliphatic rings. The Hall–Kier alpha value is -1.14. The molecule has 1 rings (SSSR count). The van der Waals surface area contributed by atoms with Gasteiger partial charge in [-0.25, -0.2) is 0 Å². The molecule has 0 aromatic carbocycles. The number of carbonyl (C=O) groups is 2. The summed E-state index contributed by atoms with van der Waals surface area (Å²) < 4.78 is 5.04. The van der Waals surface area contributed by atoms with E-state index in [0.717, 1.165) is 0 Å². The van der Waals surface area contributed by atoms with Crippen LogP contribution < -0.4 is 16.8 Å². The van der Waals surface area contributed by atoms with E-state index in [0.29, 0.717) is 13.2 Å². The second-order valence-electron chi connectivity index (χ2n) is 3.32. The minimum Gasteiger partial charge on any atom is -0.379 e. The smallest absolute Gasteiger partial charge is 0.227 e. The zero-order valence-electron chi connectivity index (χ0n) is 7.86. The number of carbonyl (C=O) groups excluding carboxylic acids is 2. The maximum atomic E-state index is 11.4. The van der Waals surface area contributed by atoms with Crippen molar-refractivity contribution in [2.45, 2.75) is 12.5 Å². The first kappa shape index (κ1) is 10.9. The molecule has 0 saturated carbocycles. The highest BCUT2D eigenvalue weighted by Crippen LogP contribution is 2.11. The van der Waals surface area contributed by atoms with Gasteiger partial charge in [-0.1, -0.05) is 0 Å². The molecular weight excluding hydrogens is 186 g/mol. The summed E-state index contributed by atoms with van der Waals surface area (Å²) in [6, 6.07) is -0.247. The van der Waals surface area contributed by atoms with E-state index in [9.17, 15) is 9.59 Å². The summed E-state index contributed by atoms with van der Waals surface area (Å²) in [6.45, 7) is 1.02. The van der Waals surface area contributed by atoms with E-state index in [-0.39, 0.29) is 30.8 Å². The predicted molar refractivity (Wildman–Crippen MR) is 49.1 cm³/mol. The van der Waals surface area contributed by atoms with Gasteiger partial charge in [0.2, 0.25) is 11.8 Å². The Labute approximate surface area is 82.0 Å². The van der Waals surface area contributed by atoms with Gasteiger partial charge in [0, 0.05) is 19.0 Å². The van der Waals surface area contributed by atoms with E-state index in [1.54, 1.807) is 0 Å². The van der Waals surface area contributed by atoms with E-state index in [4.69, 9.17) is 16.2 Å². The minimum atomic E-state index is -0.433. The van der Waals surface area contributed by atoms with Gasteiger partial charge in [-0.05, 0) is 0 Å². The summed E-state index contributed by atoms with van der Waals surface area (Å²) >= 11 is 0. The maximum Gasteiger partial charge on any atom is 0.227 e. The summed E-state index contributed by atoms with van der Waals surface area (Å²) in [6.07, 6.45) is 0.147. The van der Waals surface area contributed by atoms with E-state index in [1.165, 1.54) is 0 Å². The van der Waals surface area contributed by atoms with E-state index in [2.05, 4.69) is 5.32 Å². The first-order valence-electron chi connectivity index (χ1n) is 4.50. The summed E-state index contributed by atoms with van der Waals surface area (Å²) in [5.74, 6) is -0.906. The van der Waals surface area contributed by atoms with Gasteiger partial charge in [0.1, 0.15) is 0 Å². The van der Waals surface area contributed by atoms with Crippen LogP contribution >= 0.6 is 0 Å². The predicted octanol–water partition coefficient (Wildman–Crippen LogP) is -2.05. The first-order chi connectivity index (χ1) is 6.61. The number of hydrogen-bond donors (Lipinski definition) is 3. The van der Waals surface area contributed by atoms with Gasteiger partial charge in [0.25, 0.3) is 0 Å². The fourth-order valence-corrected chi connectivity index (χ4v) is 1.28. The highest BCUT2D eigenvalue weighted by molar-refractivity contribution is 5.80. The molecule has 1 saturated heterocycles. The summed E-state index contributed by atoms with van der Waals surface area (Å²) in [7, 11) is 0. The second-order valence-corrected chi connectivity index (χ2v) is 3.32. The molecule has 0 aromatic heterocycles. The van der Waals surface area contributed by atoms with Gasteiger partial charge in [0.05, 0.1) is 19.1 Å². The molecule has 2 unspecified atom stereocenters. The summed E-state index contributed by atoms with van der Waals surface area (Å²) in [5, 5.41) is 2.59. The van der Waals surface area contributed by atoms with Gasteiger partial charge >= 0.3 is 0 Å². The average molecular weight is 201 g/mol. The largest absolute Gasteiger partial charge is 0.379 e. The molecule has 1 heterocycles. The Kier molecular flexibility index (Phi) is 3.84. The van der Waals surface area contributed by atoms with Crippen LogP contribution in [0, 0.1) is 5.92 Å². The van der Waals surface area contributed by atoms with Crippen LogP contribution in [0.1, 0.15) is 6.42 Å². The summed E-state index contributed by atoms with van der Waals surface area (Å²) in [4.78, 5) is 21.8. The number of rotatable bonds is 4. The van der Waals surface area contributed by atoms with Crippen molar-refractivity contribution in [3.05, 3.63) is 0 Å². The molecule has 2 atom stereocenters. The Morgan fingerprint density at radius 1 is 1.43 bits per heavy atom. The summed E-state index contributed by atoms with van der Waals surface area (Å²) in [5.41, 5.74) is 10.6. The van der Waals surface area contributed by atoms with Crippen LogP contribution in [0.4, 0.5) is 0 Å². The number of amides is 2. The van der Waals surface area contributed by atoms with Gasteiger partial charge in [-0.3, -0.25) is 9.59 Å². The Balaban J connectivity index is 2.24. The van der Waals surface area contributed by atoms with Crippen LogP contribution in [0.15, 0.2) is 0 Å². The molecule has 0 aliphatic carbocycles. The molecule has 5 N–H and O–H groups in total. The fourth-order valence-electron chi connectivity index (χ4n) is 1.28. The Morgan fingerprint density at radius 2 is 2.14 bits per heavy atom. The van der Waals surface area contributed by atoms with Crippen LogP contribution in [-0.4, -0.2) is 37.6 Å². The third-order valence-corrected chi connectivity index (χ3v) is 2.13. The lowest BCUT2D eigenvalue weighted by Crippen LogP contribution is -2.41. The molecule has 1 fully saturated rings. The number of nitrogens with two attached hydrogens (primary N) is 2. The van der Waals surface area contributed by atoms with Crippen molar-refractivity contribution in [2.75, 3.05) is 19.8 Å². The van der Waals surface area contributed by atoms with Crippen LogP contribution in [0.2, 0.25) is 0 Å². The molecule has 0 spiro atoms. The molecule has 2 amide bonds. The second kappa shape index (κ2) is 4.92. The molecule has 1 aliphatic heterocycles. The number of nitrogens with one attached hydrogen (secondary N) is 1. The molecule has 6 heteroatoms. The van der Waals surface area contributed by atoms with Crippen molar-refractivity contribution in [2.24, 2.45) is 17.4 Å². The number of ether oxygens (including phenoxy) is 1. The van der Waals surface area contributed by atoms with Crippen LogP contribution in [0.3, 0.4) is 0 Å². The highest BCUT2D eigenvalue weighted by atomic mass is 16.5. The minimum absolute atomic E-state index is 0.147. The van der Waals surface area contributed by atoms with Crippen LogP contribution in [0.25, 0.3) is 0 Å². The van der Waals surface area contributed by atoms with E-state index >= 15 is 0 Å². The van der Waals surface area contributed by atoms with E-state index in [1.807, 2.05) is 0 Å². The quantitative estimate of drug-likeness (QED) is 0.486. The van der Waals surface area contributed by atoms with Crippen molar-refractivity contribution in [3.8, 4) is 0 Å². The lowest BCUT2D eigenvalue weighted by molar-refractivity contribution is -0.125. The van der Waals surface area contributed by atoms with Crippen molar-refractivity contribution < 1.29 is 14.3 Å². The standard InChI is InChI=1S/C8H15N3O3/c9-6-4-14-3-5(6)8(13)11-2-1-7(10)12/h5-6H,1-4,9H2,(H2,10,12)(H,11,13). The highest BCUT2D eigenvalue weighted by Gasteiger charge is 2.30. The SMILES string of the molecule is NC(=O)CCNC(=O)C1COCC1N. The van der Waals surface area contributed by atoms with Gasteiger partial charge in [0.15, 0.2) is 0 Å². The Bertz CT molecular complexity index is 232. The van der Waals surface area contributed by atoms with Crippen molar-refractivity contribution in [1.29, 1.82) is 0 Å². The van der Waals surface area contributed by atoms with Gasteiger partial charge in [-0.2, -0.15) is 0 Å². The molecular formula is C8H15N3O3. The van der Waals surface area contributed by atoms with E-state index < -0.39 is 5.91 Å². The third-order valence-electron chi connectivity index (χ3n) is 2.13. The maximum absolute atomic E-state index is 11.4.